The zero-order valence-corrected chi connectivity index (χ0v) is 25.5. The molecule has 2 N–H and O–H groups in total. The zero-order chi connectivity index (χ0) is 30.8. The molecule has 3 aromatic carbocycles. The summed E-state index contributed by atoms with van der Waals surface area (Å²) in [6, 6.07) is 24.5. The van der Waals surface area contributed by atoms with Gasteiger partial charge in [0, 0.05) is 48.3 Å². The summed E-state index contributed by atoms with van der Waals surface area (Å²) in [5.74, 6) is 0.379. The lowest BCUT2D eigenvalue weighted by atomic mass is 9.85. The minimum Gasteiger partial charge on any atom is -0.497 e. The van der Waals surface area contributed by atoms with Crippen molar-refractivity contribution in [2.45, 2.75) is 50.7 Å². The number of methoxy groups -OCH3 is 1. The standard InChI is InChI=1S/C35H39N5O4/c1-24(2)39-23-40(26-9-5-4-6-10-26)35(34(39)43)17-19-38(20-18-35)33(42)31(21-25-13-15-27(44-3)16-14-25)37-32(41)29-22-36-30-12-8-7-11-28(29)30/h4-16,22,24,31,36H,17-21,23H2,1-3H3,(H,37,41). The van der Waals surface area contributed by atoms with Gasteiger partial charge in [-0.15, -0.1) is 0 Å². The summed E-state index contributed by atoms with van der Waals surface area (Å²) < 4.78 is 5.31. The molecule has 0 saturated carbocycles. The van der Waals surface area contributed by atoms with E-state index >= 15 is 0 Å². The van der Waals surface area contributed by atoms with E-state index in [4.69, 9.17) is 4.74 Å². The predicted octanol–water partition coefficient (Wildman–Crippen LogP) is 4.59. The molecule has 3 heterocycles. The number of nitrogens with zero attached hydrogens (tertiary/aromatic N) is 3. The second kappa shape index (κ2) is 12.1. The molecule has 2 fully saturated rings. The van der Waals surface area contributed by atoms with Gasteiger partial charge in [0.1, 0.15) is 17.3 Å². The number of piperidine rings is 1. The Morgan fingerprint density at radius 2 is 1.64 bits per heavy atom. The number of nitrogens with one attached hydrogen (secondary N) is 2. The van der Waals surface area contributed by atoms with E-state index in [0.717, 1.165) is 27.9 Å². The fraction of sp³-hybridized carbons (Fsp3) is 0.343. The number of H-pyrrole nitrogens is 1. The molecule has 0 aliphatic carbocycles. The van der Waals surface area contributed by atoms with Crippen molar-refractivity contribution >= 4 is 34.3 Å². The molecule has 1 atom stereocenters. The fourth-order valence-electron chi connectivity index (χ4n) is 6.56. The first-order valence-electron chi connectivity index (χ1n) is 15.2. The summed E-state index contributed by atoms with van der Waals surface area (Å²) in [4.78, 5) is 50.8. The zero-order valence-electron chi connectivity index (χ0n) is 25.5. The monoisotopic (exact) mass is 593 g/mol. The first-order chi connectivity index (χ1) is 21.3. The third-order valence-corrected chi connectivity index (χ3v) is 9.10. The van der Waals surface area contributed by atoms with Crippen molar-refractivity contribution in [3.63, 3.8) is 0 Å². The van der Waals surface area contributed by atoms with Crippen LogP contribution in [0.3, 0.4) is 0 Å². The molecule has 9 heteroatoms. The number of aromatic amines is 1. The molecule has 3 amide bonds. The summed E-state index contributed by atoms with van der Waals surface area (Å²) in [5, 5.41) is 3.85. The summed E-state index contributed by atoms with van der Waals surface area (Å²) in [6.07, 6.45) is 3.04. The molecule has 44 heavy (non-hydrogen) atoms. The summed E-state index contributed by atoms with van der Waals surface area (Å²) in [5.41, 5.74) is 2.56. The van der Waals surface area contributed by atoms with Crippen LogP contribution in [0.2, 0.25) is 0 Å². The second-order valence-corrected chi connectivity index (χ2v) is 12.0. The lowest BCUT2D eigenvalue weighted by Gasteiger charge is -2.44. The smallest absolute Gasteiger partial charge is 0.254 e. The molecule has 2 aliphatic rings. The van der Waals surface area contributed by atoms with Crippen LogP contribution in [0, 0.1) is 0 Å². The molecule has 1 unspecified atom stereocenters. The van der Waals surface area contributed by atoms with Crippen molar-refractivity contribution in [1.29, 1.82) is 0 Å². The average Bonchev–Trinajstić information content (AvgIpc) is 3.61. The quantitative estimate of drug-likeness (QED) is 0.312. The van der Waals surface area contributed by atoms with Gasteiger partial charge in [0.25, 0.3) is 5.91 Å². The van der Waals surface area contributed by atoms with Gasteiger partial charge in [0.2, 0.25) is 11.8 Å². The number of benzene rings is 3. The topological polar surface area (TPSA) is 98.0 Å². The van der Waals surface area contributed by atoms with Gasteiger partial charge >= 0.3 is 0 Å². The van der Waals surface area contributed by atoms with Gasteiger partial charge in [-0.3, -0.25) is 14.4 Å². The molecular formula is C35H39N5O4. The van der Waals surface area contributed by atoms with Crippen LogP contribution >= 0.6 is 0 Å². The van der Waals surface area contributed by atoms with Gasteiger partial charge in [0.05, 0.1) is 19.3 Å². The van der Waals surface area contributed by atoms with E-state index in [0.29, 0.717) is 44.6 Å². The van der Waals surface area contributed by atoms with Gasteiger partial charge < -0.3 is 29.7 Å². The average molecular weight is 594 g/mol. The number of amides is 3. The Hall–Kier alpha value is -4.79. The summed E-state index contributed by atoms with van der Waals surface area (Å²) >= 11 is 0. The van der Waals surface area contributed by atoms with E-state index in [1.807, 2.05) is 103 Å². The SMILES string of the molecule is COc1ccc(CC(NC(=O)c2c[nH]c3ccccc23)C(=O)N2CCC3(CC2)C(=O)N(C(C)C)CN3c2ccccc2)cc1. The minimum atomic E-state index is -0.782. The first kappa shape index (κ1) is 29.3. The highest BCUT2D eigenvalue weighted by Gasteiger charge is 2.54. The van der Waals surface area contributed by atoms with Crippen LogP contribution in [0.15, 0.2) is 85.1 Å². The fourth-order valence-corrected chi connectivity index (χ4v) is 6.56. The number of aromatic nitrogens is 1. The van der Waals surface area contributed by atoms with Crippen LogP contribution in [0.4, 0.5) is 5.69 Å². The maximum Gasteiger partial charge on any atom is 0.254 e. The van der Waals surface area contributed by atoms with Crippen LogP contribution in [0.25, 0.3) is 10.9 Å². The molecule has 4 aromatic rings. The molecule has 1 aromatic heterocycles. The van der Waals surface area contributed by atoms with E-state index in [1.165, 1.54) is 0 Å². The Morgan fingerprint density at radius 3 is 2.32 bits per heavy atom. The van der Waals surface area contributed by atoms with Crippen LogP contribution in [-0.2, 0) is 16.0 Å². The summed E-state index contributed by atoms with van der Waals surface area (Å²) in [6.45, 7) is 5.44. The van der Waals surface area contributed by atoms with Crippen molar-refractivity contribution in [2.24, 2.45) is 0 Å². The molecule has 0 bridgehead atoms. The third-order valence-electron chi connectivity index (χ3n) is 9.10. The van der Waals surface area contributed by atoms with Gasteiger partial charge in [-0.25, -0.2) is 0 Å². The van der Waals surface area contributed by atoms with E-state index in [1.54, 1.807) is 13.3 Å². The van der Waals surface area contributed by atoms with Crippen LogP contribution in [0.1, 0.15) is 42.6 Å². The Labute approximate surface area is 257 Å². The number of carbonyl (C=O) groups is 3. The van der Waals surface area contributed by atoms with E-state index in [2.05, 4.69) is 15.2 Å². The van der Waals surface area contributed by atoms with Crippen LogP contribution in [0.5, 0.6) is 5.75 Å². The number of fused-ring (bicyclic) bond motifs is 1. The molecule has 228 valence electrons. The largest absolute Gasteiger partial charge is 0.497 e. The number of para-hydroxylation sites is 2. The number of hydrogen-bond acceptors (Lipinski definition) is 5. The van der Waals surface area contributed by atoms with Gasteiger partial charge in [-0.1, -0.05) is 48.5 Å². The first-order valence-corrected chi connectivity index (χ1v) is 15.2. The number of anilines is 1. The molecule has 9 nitrogen and oxygen atoms in total. The number of carbonyl (C=O) groups excluding carboxylic acids is 3. The van der Waals surface area contributed by atoms with Crippen LogP contribution in [-0.4, -0.2) is 77.0 Å². The molecule has 1 spiro atoms. The lowest BCUT2D eigenvalue weighted by Crippen LogP contribution is -2.59. The third kappa shape index (κ3) is 5.38. The van der Waals surface area contributed by atoms with E-state index in [9.17, 15) is 14.4 Å². The highest BCUT2D eigenvalue weighted by atomic mass is 16.5. The van der Waals surface area contributed by atoms with E-state index < -0.39 is 11.6 Å². The predicted molar refractivity (Wildman–Crippen MR) is 171 cm³/mol. The van der Waals surface area contributed by atoms with Crippen LogP contribution < -0.4 is 15.0 Å². The maximum atomic E-state index is 14.2. The summed E-state index contributed by atoms with van der Waals surface area (Å²) in [7, 11) is 1.61. The highest BCUT2D eigenvalue weighted by Crippen LogP contribution is 2.40. The van der Waals surface area contributed by atoms with Crippen molar-refractivity contribution < 1.29 is 19.1 Å². The molecule has 0 radical (unpaired) electrons. The highest BCUT2D eigenvalue weighted by molar-refractivity contribution is 6.08. The van der Waals surface area contributed by atoms with Gasteiger partial charge in [0.15, 0.2) is 0 Å². The Balaban J connectivity index is 1.24. The van der Waals surface area contributed by atoms with Crippen molar-refractivity contribution in [2.75, 3.05) is 31.8 Å². The molecule has 2 aliphatic heterocycles. The molecular weight excluding hydrogens is 554 g/mol. The normalized spacial score (nSPS) is 17.0. The lowest BCUT2D eigenvalue weighted by molar-refractivity contribution is -0.140. The van der Waals surface area contributed by atoms with Crippen molar-refractivity contribution in [3.05, 3.63) is 96.2 Å². The Morgan fingerprint density at radius 1 is 0.955 bits per heavy atom. The Kier molecular flexibility index (Phi) is 8.03. The number of likely N-dealkylation sites (tertiary alicyclic amines) is 1. The minimum absolute atomic E-state index is 0.0707. The number of rotatable bonds is 8. The molecule has 6 rings (SSSR count). The number of hydrogen-bond donors (Lipinski definition) is 2. The van der Waals surface area contributed by atoms with E-state index in [-0.39, 0.29) is 23.8 Å². The Bertz CT molecular complexity index is 1640. The second-order valence-electron chi connectivity index (χ2n) is 12.0. The maximum absolute atomic E-state index is 14.2. The number of ether oxygens (including phenoxy) is 1. The van der Waals surface area contributed by atoms with Crippen molar-refractivity contribution in [3.8, 4) is 5.75 Å². The van der Waals surface area contributed by atoms with Gasteiger partial charge in [-0.2, -0.15) is 0 Å². The van der Waals surface area contributed by atoms with Gasteiger partial charge in [-0.05, 0) is 62.6 Å². The molecule has 2 saturated heterocycles. The van der Waals surface area contributed by atoms with Crippen molar-refractivity contribution in [1.82, 2.24) is 20.1 Å².